The average Bonchev–Trinajstić information content (AvgIpc) is 3.05. The van der Waals surface area contributed by atoms with Crippen LogP contribution in [-0.2, 0) is 4.57 Å². The topological polar surface area (TPSA) is 125 Å². The van der Waals surface area contributed by atoms with Crippen molar-refractivity contribution < 1.29 is 9.30 Å². The largest absolute Gasteiger partial charge is 0.479 e. The Morgan fingerprint density at radius 2 is 1.70 bits per heavy atom. The number of rotatable bonds is 9. The summed E-state index contributed by atoms with van der Waals surface area (Å²) < 4.78 is 19.3. The number of hydrogen-bond acceptors (Lipinski definition) is 12. The quantitative estimate of drug-likeness (QED) is 0.233. The van der Waals surface area contributed by atoms with Gasteiger partial charge in [-0.3, -0.25) is 14.9 Å². The van der Waals surface area contributed by atoms with Crippen molar-refractivity contribution in [2.45, 2.75) is 32.7 Å². The fraction of sp³-hybridized carbons (Fsp3) is 0.441. The molecule has 2 fully saturated rings. The first-order valence-electron chi connectivity index (χ1n) is 16.1. The number of aromatic nitrogens is 5. The molecule has 13 heteroatoms. The Hall–Kier alpha value is -4.12. The molecule has 4 aromatic rings. The number of nitrogens with zero attached hydrogens (tertiary/aromatic N) is 8. The summed E-state index contributed by atoms with van der Waals surface area (Å²) in [6, 6.07) is 6.40. The first kappa shape index (κ1) is 32.8. The summed E-state index contributed by atoms with van der Waals surface area (Å²) in [5.41, 5.74) is 5.17. The van der Waals surface area contributed by atoms with Crippen LogP contribution in [0, 0.1) is 6.92 Å². The summed E-state index contributed by atoms with van der Waals surface area (Å²) in [6.45, 7) is 18.1. The van der Waals surface area contributed by atoms with Crippen LogP contribution < -0.4 is 25.6 Å². The van der Waals surface area contributed by atoms with E-state index in [0.29, 0.717) is 51.4 Å². The van der Waals surface area contributed by atoms with Crippen molar-refractivity contribution in [2.24, 2.45) is 0 Å². The number of fused-ring (bicyclic) bond motifs is 1. The molecule has 0 saturated carbocycles. The van der Waals surface area contributed by atoms with Crippen molar-refractivity contribution in [1.82, 2.24) is 34.7 Å². The van der Waals surface area contributed by atoms with E-state index in [1.54, 1.807) is 39.0 Å². The highest BCUT2D eigenvalue weighted by Crippen LogP contribution is 2.41. The van der Waals surface area contributed by atoms with Gasteiger partial charge in [-0.05, 0) is 76.4 Å². The van der Waals surface area contributed by atoms with E-state index in [-0.39, 0.29) is 0 Å². The minimum atomic E-state index is -2.77. The van der Waals surface area contributed by atoms with Crippen LogP contribution in [0.15, 0.2) is 43.4 Å². The van der Waals surface area contributed by atoms with Gasteiger partial charge in [0.05, 0.1) is 23.6 Å². The van der Waals surface area contributed by atoms with E-state index in [2.05, 4.69) is 60.8 Å². The molecule has 6 rings (SSSR count). The number of methoxy groups -OCH3 is 1. The maximum absolute atomic E-state index is 13.5. The number of ether oxygens (including phenoxy) is 1. The third-order valence-corrected chi connectivity index (χ3v) is 10.6. The Morgan fingerprint density at radius 1 is 0.979 bits per heavy atom. The molecule has 0 spiro atoms. The van der Waals surface area contributed by atoms with E-state index in [1.165, 1.54) is 0 Å². The van der Waals surface area contributed by atoms with Gasteiger partial charge in [-0.1, -0.05) is 6.58 Å². The van der Waals surface area contributed by atoms with Gasteiger partial charge in [-0.2, -0.15) is 9.97 Å². The first-order valence-corrected chi connectivity index (χ1v) is 18.7. The number of nitrogens with one attached hydrogen (secondary N) is 2. The van der Waals surface area contributed by atoms with E-state index in [4.69, 9.17) is 14.7 Å². The monoisotopic (exact) mass is 656 g/mol. The van der Waals surface area contributed by atoms with Crippen molar-refractivity contribution in [3.8, 4) is 5.88 Å². The van der Waals surface area contributed by atoms with Crippen LogP contribution in [0.5, 0.6) is 5.88 Å². The molecule has 0 bridgehead atoms. The smallest absolute Gasteiger partial charge is 0.239 e. The van der Waals surface area contributed by atoms with Gasteiger partial charge in [0.25, 0.3) is 0 Å². The van der Waals surface area contributed by atoms with Crippen LogP contribution in [0.4, 0.5) is 29.0 Å². The van der Waals surface area contributed by atoms with Gasteiger partial charge in [-0.25, -0.2) is 4.98 Å². The molecular formula is C34H45N10O2P. The SMILES string of the molecule is C=C(C)c1cnc(Nc2cc(C)c(N3CCC(N4CCN(C)CC4)CC3)nc2OC)nc1Nc1ccc2nccnc2c1P(C)(C)=O. The molecule has 1 aromatic carbocycles. The van der Waals surface area contributed by atoms with E-state index in [0.717, 1.165) is 74.6 Å². The zero-order chi connectivity index (χ0) is 33.3. The molecule has 0 amide bonds. The average molecular weight is 657 g/mol. The predicted molar refractivity (Wildman–Crippen MR) is 192 cm³/mol. The van der Waals surface area contributed by atoms with E-state index in [9.17, 15) is 4.57 Å². The number of anilines is 5. The molecule has 248 valence electrons. The second-order valence-electron chi connectivity index (χ2n) is 13.0. The lowest BCUT2D eigenvalue weighted by atomic mass is 10.0. The first-order chi connectivity index (χ1) is 22.5. The van der Waals surface area contributed by atoms with Crippen molar-refractivity contribution in [2.75, 3.05) is 82.3 Å². The molecular weight excluding hydrogens is 611 g/mol. The Labute approximate surface area is 277 Å². The van der Waals surface area contributed by atoms with E-state index >= 15 is 0 Å². The molecule has 0 unspecified atom stereocenters. The van der Waals surface area contributed by atoms with Crippen molar-refractivity contribution in [3.63, 3.8) is 0 Å². The van der Waals surface area contributed by atoms with Crippen LogP contribution in [0.2, 0.25) is 0 Å². The number of benzene rings is 1. The van der Waals surface area contributed by atoms with Crippen LogP contribution in [0.3, 0.4) is 0 Å². The van der Waals surface area contributed by atoms with E-state index < -0.39 is 7.14 Å². The second kappa shape index (κ2) is 13.5. The number of likely N-dealkylation sites (N-methyl/N-ethyl adjacent to an activating group) is 1. The molecule has 2 aliphatic heterocycles. The lowest BCUT2D eigenvalue weighted by Crippen LogP contribution is -2.52. The number of aryl methyl sites for hydroxylation is 1. The van der Waals surface area contributed by atoms with Gasteiger partial charge >= 0.3 is 0 Å². The zero-order valence-electron chi connectivity index (χ0n) is 28.2. The maximum atomic E-state index is 13.5. The molecule has 2 N–H and O–H groups in total. The molecule has 0 atom stereocenters. The summed E-state index contributed by atoms with van der Waals surface area (Å²) in [4.78, 5) is 30.7. The second-order valence-corrected chi connectivity index (χ2v) is 16.1. The normalized spacial score (nSPS) is 16.8. The highest BCUT2D eigenvalue weighted by atomic mass is 31.2. The number of piperidine rings is 1. The predicted octanol–water partition coefficient (Wildman–Crippen LogP) is 5.12. The van der Waals surface area contributed by atoms with Crippen LogP contribution in [-0.4, -0.2) is 108 Å². The van der Waals surface area contributed by atoms with Crippen molar-refractivity contribution in [1.29, 1.82) is 0 Å². The zero-order valence-corrected chi connectivity index (χ0v) is 29.1. The van der Waals surface area contributed by atoms with Gasteiger partial charge < -0.3 is 29.7 Å². The summed E-state index contributed by atoms with van der Waals surface area (Å²) in [5.74, 6) is 2.30. The molecule has 0 aliphatic carbocycles. The molecule has 47 heavy (non-hydrogen) atoms. The summed E-state index contributed by atoms with van der Waals surface area (Å²) >= 11 is 0. The molecule has 3 aromatic heterocycles. The number of piperazine rings is 1. The third kappa shape index (κ3) is 7.10. The van der Waals surface area contributed by atoms with Crippen molar-refractivity contribution in [3.05, 3.63) is 54.5 Å². The van der Waals surface area contributed by atoms with Gasteiger partial charge in [0, 0.05) is 69.5 Å². The minimum Gasteiger partial charge on any atom is -0.479 e. The molecule has 2 saturated heterocycles. The Balaban J connectivity index is 1.25. The van der Waals surface area contributed by atoms with Crippen LogP contribution in [0.25, 0.3) is 16.6 Å². The van der Waals surface area contributed by atoms with Gasteiger partial charge in [-0.15, -0.1) is 0 Å². The number of allylic oxidation sites excluding steroid dienone is 1. The maximum Gasteiger partial charge on any atom is 0.239 e. The standard InChI is InChI=1S/C34H45N10O2P/c1-22(2)25-21-37-34(40-31(25)38-27-9-8-26-29(36-13-12-35-26)30(27)47(6,7)45)39-28-20-23(3)32(41-33(28)46-5)44-14-10-24(11-15-44)43-18-16-42(4)17-19-43/h8-9,12-13,20-21,24H,1,10-11,14-19H2,2-7H3,(H2,37,38,39,40). The molecule has 0 radical (unpaired) electrons. The fourth-order valence-electron chi connectivity index (χ4n) is 6.55. The molecule has 12 nitrogen and oxygen atoms in total. The van der Waals surface area contributed by atoms with E-state index in [1.807, 2.05) is 25.1 Å². The van der Waals surface area contributed by atoms with Crippen LogP contribution >= 0.6 is 7.14 Å². The van der Waals surface area contributed by atoms with Gasteiger partial charge in [0.15, 0.2) is 0 Å². The number of hydrogen-bond donors (Lipinski definition) is 2. The fourth-order valence-corrected chi connectivity index (χ4v) is 7.94. The highest BCUT2D eigenvalue weighted by molar-refractivity contribution is 7.71. The molecule has 2 aliphatic rings. The lowest BCUT2D eigenvalue weighted by molar-refractivity contribution is 0.0981. The Morgan fingerprint density at radius 3 is 2.38 bits per heavy atom. The van der Waals surface area contributed by atoms with Gasteiger partial charge in [0.2, 0.25) is 11.8 Å². The Bertz CT molecular complexity index is 1830. The van der Waals surface area contributed by atoms with Crippen LogP contribution in [0.1, 0.15) is 30.9 Å². The Kier molecular flexibility index (Phi) is 9.46. The third-order valence-electron chi connectivity index (χ3n) is 9.06. The summed E-state index contributed by atoms with van der Waals surface area (Å²) in [7, 11) is 1.06. The van der Waals surface area contributed by atoms with Crippen molar-refractivity contribution >= 4 is 58.0 Å². The van der Waals surface area contributed by atoms with Gasteiger partial charge in [0.1, 0.15) is 30.0 Å². The minimum absolute atomic E-state index is 0.357. The summed E-state index contributed by atoms with van der Waals surface area (Å²) in [5, 5.41) is 7.37. The molecule has 5 heterocycles. The highest BCUT2D eigenvalue weighted by Gasteiger charge is 2.28. The lowest BCUT2D eigenvalue weighted by Gasteiger charge is -2.42. The number of pyridine rings is 1. The summed E-state index contributed by atoms with van der Waals surface area (Å²) in [6.07, 6.45) is 7.23.